The molecule has 5 rings (SSSR count). The third kappa shape index (κ3) is 7.32. The Morgan fingerprint density at radius 1 is 0.714 bits per heavy atom. The second-order valence-electron chi connectivity index (χ2n) is 9.71. The van der Waals surface area contributed by atoms with E-state index in [1.54, 1.807) is 12.1 Å². The van der Waals surface area contributed by atoms with Crippen molar-refractivity contribution >= 4 is 56.6 Å². The van der Waals surface area contributed by atoms with E-state index in [-0.39, 0.29) is 47.6 Å². The van der Waals surface area contributed by atoms with Crippen LogP contribution in [-0.4, -0.2) is 54.0 Å². The van der Waals surface area contributed by atoms with Crippen molar-refractivity contribution in [2.45, 2.75) is 50.4 Å². The number of primary amides is 2. The fraction of sp³-hybridized carbons (Fsp3) is 0.308. The van der Waals surface area contributed by atoms with Gasteiger partial charge in [-0.05, 0) is 43.5 Å². The van der Waals surface area contributed by atoms with E-state index in [2.05, 4.69) is 41.0 Å². The molecule has 0 aromatic carbocycles. The molecule has 1 fully saturated rings. The van der Waals surface area contributed by atoms with Crippen LogP contribution in [0.25, 0.3) is 0 Å². The van der Waals surface area contributed by atoms with E-state index < -0.39 is 11.8 Å². The van der Waals surface area contributed by atoms with Crippen LogP contribution >= 0.6 is 22.7 Å². The van der Waals surface area contributed by atoms with Gasteiger partial charge < -0.3 is 22.1 Å². The molecule has 4 heterocycles. The van der Waals surface area contributed by atoms with Crippen molar-refractivity contribution in [1.29, 1.82) is 0 Å². The maximum atomic E-state index is 12.5. The van der Waals surface area contributed by atoms with Gasteiger partial charge in [0.15, 0.2) is 0 Å². The van der Waals surface area contributed by atoms with Crippen molar-refractivity contribution in [2.75, 3.05) is 10.6 Å². The number of nitrogens with two attached hydrogens (primary N) is 2. The van der Waals surface area contributed by atoms with Crippen molar-refractivity contribution in [1.82, 2.24) is 30.4 Å². The summed E-state index contributed by atoms with van der Waals surface area (Å²) in [7, 11) is 0. The number of carbonyl (C=O) groups is 4. The highest BCUT2D eigenvalue weighted by molar-refractivity contribution is 7.15. The molecule has 14 nitrogen and oxygen atoms in total. The van der Waals surface area contributed by atoms with Crippen LogP contribution in [0.4, 0.5) is 10.3 Å². The first-order chi connectivity index (χ1) is 20.2. The summed E-state index contributed by atoms with van der Waals surface area (Å²) < 4.78 is 0. The van der Waals surface area contributed by atoms with E-state index in [0.717, 1.165) is 35.7 Å². The van der Waals surface area contributed by atoms with Crippen LogP contribution in [0.3, 0.4) is 0 Å². The number of amides is 4. The first kappa shape index (κ1) is 28.8. The maximum absolute atomic E-state index is 12.5. The van der Waals surface area contributed by atoms with Crippen molar-refractivity contribution in [2.24, 2.45) is 11.5 Å². The molecule has 216 valence electrons. The summed E-state index contributed by atoms with van der Waals surface area (Å²) in [6.45, 7) is 0. The maximum Gasteiger partial charge on any atom is 0.250 e. The van der Waals surface area contributed by atoms with Gasteiger partial charge in [0.05, 0.1) is 24.0 Å². The Kier molecular flexibility index (Phi) is 8.83. The van der Waals surface area contributed by atoms with Gasteiger partial charge in [-0.15, -0.1) is 20.4 Å². The van der Waals surface area contributed by atoms with E-state index in [1.807, 2.05) is 0 Å². The minimum atomic E-state index is -0.580. The van der Waals surface area contributed by atoms with Gasteiger partial charge in [0.2, 0.25) is 33.9 Å². The van der Waals surface area contributed by atoms with Crippen LogP contribution in [0.1, 0.15) is 79.6 Å². The van der Waals surface area contributed by atoms with Gasteiger partial charge in [-0.25, -0.2) is 0 Å². The third-order valence-electron chi connectivity index (χ3n) is 6.65. The van der Waals surface area contributed by atoms with Crippen molar-refractivity contribution in [3.8, 4) is 0 Å². The van der Waals surface area contributed by atoms with Crippen LogP contribution in [0.5, 0.6) is 0 Å². The Morgan fingerprint density at radius 2 is 1.17 bits per heavy atom. The van der Waals surface area contributed by atoms with Crippen molar-refractivity contribution in [3.63, 3.8) is 0 Å². The summed E-state index contributed by atoms with van der Waals surface area (Å²) >= 11 is 2.68. The fourth-order valence-corrected chi connectivity index (χ4v) is 6.36. The quantitative estimate of drug-likeness (QED) is 0.206. The largest absolute Gasteiger partial charge is 0.366 e. The lowest BCUT2D eigenvalue weighted by molar-refractivity contribution is -0.116. The number of aromatic nitrogens is 6. The van der Waals surface area contributed by atoms with Crippen LogP contribution in [-0.2, 0) is 22.4 Å². The van der Waals surface area contributed by atoms with Crippen molar-refractivity contribution < 1.29 is 19.2 Å². The van der Waals surface area contributed by atoms with E-state index in [9.17, 15) is 19.2 Å². The molecule has 16 heteroatoms. The standard InChI is InChI=1S/C26H26N10O4S2/c27-21(39)15-4-6-17(29-11-15)9-19(37)31-25-35-33-23(41-25)13-2-1-3-14(8-13)24-34-36-26(42-24)32-20(38)10-18-7-5-16(12-30-18)22(28)40/h4-7,11-14H,1-3,8-10H2,(H2,27,39)(H2,28,40)(H,31,35,37)(H,32,36,38)/t13-,14-/m0/s1. The predicted molar refractivity (Wildman–Crippen MR) is 154 cm³/mol. The molecule has 4 aromatic heterocycles. The minimum absolute atomic E-state index is 0.0213. The normalized spacial score (nSPS) is 16.5. The number of anilines is 2. The first-order valence-electron chi connectivity index (χ1n) is 13.0. The van der Waals surface area contributed by atoms with Crippen LogP contribution < -0.4 is 22.1 Å². The molecule has 6 N–H and O–H groups in total. The SMILES string of the molecule is NC(=O)c1ccc(CC(=O)Nc2nnc([C@H]3CCC[C@H](c4nnc(NC(=O)Cc5ccc(C(N)=O)cn5)s4)C3)s2)nc1. The summed E-state index contributed by atoms with van der Waals surface area (Å²) in [4.78, 5) is 55.5. The number of nitrogens with one attached hydrogen (secondary N) is 2. The molecule has 0 bridgehead atoms. The summed E-state index contributed by atoms with van der Waals surface area (Å²) in [6.07, 6.45) is 6.38. The number of hydrogen-bond donors (Lipinski definition) is 4. The summed E-state index contributed by atoms with van der Waals surface area (Å²) in [5.41, 5.74) is 12.0. The highest BCUT2D eigenvalue weighted by Crippen LogP contribution is 2.43. The molecular weight excluding hydrogens is 580 g/mol. The third-order valence-corrected chi connectivity index (χ3v) is 8.65. The zero-order chi connectivity index (χ0) is 29.6. The highest BCUT2D eigenvalue weighted by atomic mass is 32.1. The summed E-state index contributed by atoms with van der Waals surface area (Å²) in [5, 5.41) is 25.0. The zero-order valence-corrected chi connectivity index (χ0v) is 23.8. The molecule has 42 heavy (non-hydrogen) atoms. The number of hydrogen-bond acceptors (Lipinski definition) is 12. The minimum Gasteiger partial charge on any atom is -0.366 e. The predicted octanol–water partition coefficient (Wildman–Crippen LogP) is 2.18. The number of pyridine rings is 2. The lowest BCUT2D eigenvalue weighted by atomic mass is 9.82. The Hall–Kier alpha value is -4.70. The second-order valence-corrected chi connectivity index (χ2v) is 11.7. The number of carbonyl (C=O) groups excluding carboxylic acids is 4. The molecule has 0 saturated heterocycles. The lowest BCUT2D eigenvalue weighted by Gasteiger charge is -2.25. The smallest absolute Gasteiger partial charge is 0.250 e. The molecule has 1 aliphatic rings. The Morgan fingerprint density at radius 3 is 1.55 bits per heavy atom. The average molecular weight is 607 g/mol. The molecule has 0 aliphatic heterocycles. The Bertz CT molecular complexity index is 1490. The number of nitrogens with zero attached hydrogens (tertiary/aromatic N) is 6. The topological polar surface area (TPSA) is 222 Å². The zero-order valence-electron chi connectivity index (χ0n) is 22.1. The second kappa shape index (κ2) is 12.9. The van der Waals surface area contributed by atoms with Crippen LogP contribution in [0.2, 0.25) is 0 Å². The van der Waals surface area contributed by atoms with Gasteiger partial charge in [-0.2, -0.15) is 0 Å². The summed E-state index contributed by atoms with van der Waals surface area (Å²) in [5.74, 6) is -1.43. The van der Waals surface area contributed by atoms with E-state index >= 15 is 0 Å². The highest BCUT2D eigenvalue weighted by Gasteiger charge is 2.29. The van der Waals surface area contributed by atoms with Crippen LogP contribution in [0, 0.1) is 0 Å². The fourth-order valence-electron chi connectivity index (χ4n) is 4.54. The van der Waals surface area contributed by atoms with Gasteiger partial charge in [0.1, 0.15) is 10.0 Å². The van der Waals surface area contributed by atoms with Gasteiger partial charge in [-0.1, -0.05) is 29.1 Å². The van der Waals surface area contributed by atoms with Gasteiger partial charge >= 0.3 is 0 Å². The lowest BCUT2D eigenvalue weighted by Crippen LogP contribution is -2.16. The average Bonchev–Trinajstić information content (AvgIpc) is 3.63. The van der Waals surface area contributed by atoms with E-state index in [1.165, 1.54) is 47.2 Å². The van der Waals surface area contributed by atoms with Gasteiger partial charge in [0, 0.05) is 35.6 Å². The Labute approximate surface area is 247 Å². The van der Waals surface area contributed by atoms with Gasteiger partial charge in [-0.3, -0.25) is 29.1 Å². The van der Waals surface area contributed by atoms with Crippen molar-refractivity contribution in [3.05, 3.63) is 69.2 Å². The molecule has 4 amide bonds. The molecule has 0 radical (unpaired) electrons. The number of rotatable bonds is 10. The molecule has 4 aromatic rings. The summed E-state index contributed by atoms with van der Waals surface area (Å²) in [6, 6.07) is 6.22. The molecule has 0 spiro atoms. The first-order valence-corrected chi connectivity index (χ1v) is 14.6. The monoisotopic (exact) mass is 606 g/mol. The van der Waals surface area contributed by atoms with Gasteiger partial charge in [0.25, 0.3) is 0 Å². The molecule has 2 atom stereocenters. The molecule has 1 saturated carbocycles. The van der Waals surface area contributed by atoms with Crippen LogP contribution in [0.15, 0.2) is 36.7 Å². The Balaban J connectivity index is 1.13. The molecule has 1 aliphatic carbocycles. The van der Waals surface area contributed by atoms with E-state index in [0.29, 0.717) is 21.7 Å². The molecule has 0 unspecified atom stereocenters. The van der Waals surface area contributed by atoms with E-state index in [4.69, 9.17) is 11.5 Å². The molecular formula is C26H26N10O4S2.